The van der Waals surface area contributed by atoms with Gasteiger partial charge in [0.2, 0.25) is 0 Å². The van der Waals surface area contributed by atoms with Crippen molar-refractivity contribution >= 4 is 16.6 Å². The van der Waals surface area contributed by atoms with Gasteiger partial charge in [-0.25, -0.2) is 4.79 Å². The normalized spacial score (nSPS) is 14.4. The van der Waals surface area contributed by atoms with E-state index in [9.17, 15) is 14.7 Å². The fourth-order valence-corrected chi connectivity index (χ4v) is 5.41. The van der Waals surface area contributed by atoms with E-state index in [1.165, 1.54) is 11.6 Å². The minimum atomic E-state index is -0.501. The third kappa shape index (κ3) is 2.99. The number of nitrogens with zero attached hydrogens (tertiary/aromatic N) is 3. The van der Waals surface area contributed by atoms with Crippen molar-refractivity contribution in [2.75, 3.05) is 5.32 Å². The van der Waals surface area contributed by atoms with Crippen molar-refractivity contribution in [2.24, 2.45) is 14.1 Å². The van der Waals surface area contributed by atoms with Crippen LogP contribution in [0.25, 0.3) is 27.8 Å². The summed E-state index contributed by atoms with van der Waals surface area (Å²) in [6, 6.07) is 21.0. The van der Waals surface area contributed by atoms with E-state index in [2.05, 4.69) is 16.0 Å². The highest BCUT2D eigenvalue weighted by Gasteiger charge is 2.35. The second kappa shape index (κ2) is 7.75. The SMILES string of the molecule is Cc1cccc(-c2c3c(=O)n(C)c(=O)n(C)c3c3n2-c2ccccc2NC3c2ccc(C)cc2O)c1. The fourth-order valence-electron chi connectivity index (χ4n) is 5.41. The van der Waals surface area contributed by atoms with E-state index in [1.54, 1.807) is 13.1 Å². The molecule has 0 bridgehead atoms. The smallest absolute Gasteiger partial charge is 0.331 e. The van der Waals surface area contributed by atoms with Crippen molar-refractivity contribution in [3.05, 3.63) is 110 Å². The lowest BCUT2D eigenvalue weighted by molar-refractivity contribution is 0.465. The maximum absolute atomic E-state index is 13.7. The molecule has 1 atom stereocenters. The monoisotopic (exact) mass is 478 g/mol. The molecule has 3 aromatic carbocycles. The Hall–Kier alpha value is -4.52. The van der Waals surface area contributed by atoms with E-state index in [4.69, 9.17) is 0 Å². The molecule has 0 fully saturated rings. The van der Waals surface area contributed by atoms with Gasteiger partial charge in [0.1, 0.15) is 5.75 Å². The number of phenolic OH excluding ortho intramolecular Hbond substituents is 1. The number of aromatic hydroxyl groups is 1. The first-order valence-electron chi connectivity index (χ1n) is 11.8. The van der Waals surface area contributed by atoms with Crippen molar-refractivity contribution in [3.8, 4) is 22.7 Å². The molecule has 7 heteroatoms. The van der Waals surface area contributed by atoms with E-state index < -0.39 is 11.7 Å². The highest BCUT2D eigenvalue weighted by molar-refractivity contribution is 5.99. The Bertz CT molecular complexity index is 1820. The fraction of sp³-hybridized carbons (Fsp3) is 0.172. The molecule has 2 N–H and O–H groups in total. The van der Waals surface area contributed by atoms with Crippen molar-refractivity contribution in [1.82, 2.24) is 13.7 Å². The lowest BCUT2D eigenvalue weighted by Crippen LogP contribution is -2.37. The van der Waals surface area contributed by atoms with E-state index in [0.29, 0.717) is 16.5 Å². The molecular formula is C29H26N4O3. The number of anilines is 1. The van der Waals surface area contributed by atoms with Gasteiger partial charge in [-0.3, -0.25) is 13.9 Å². The van der Waals surface area contributed by atoms with Gasteiger partial charge in [-0.15, -0.1) is 0 Å². The summed E-state index contributed by atoms with van der Waals surface area (Å²) in [5, 5.41) is 15.0. The number of fused-ring (bicyclic) bond motifs is 5. The van der Waals surface area contributed by atoms with Gasteiger partial charge in [0.05, 0.1) is 39.7 Å². The van der Waals surface area contributed by atoms with Crippen LogP contribution in [0.1, 0.15) is 28.4 Å². The predicted molar refractivity (Wildman–Crippen MR) is 142 cm³/mol. The van der Waals surface area contributed by atoms with Gasteiger partial charge in [-0.05, 0) is 49.2 Å². The van der Waals surface area contributed by atoms with Crippen LogP contribution in [0.15, 0.2) is 76.3 Å². The van der Waals surface area contributed by atoms with Gasteiger partial charge >= 0.3 is 5.69 Å². The Kier molecular flexibility index (Phi) is 4.73. The van der Waals surface area contributed by atoms with Crippen LogP contribution in [-0.2, 0) is 14.1 Å². The van der Waals surface area contributed by atoms with Crippen molar-refractivity contribution in [1.29, 1.82) is 0 Å². The number of rotatable bonds is 2. The van der Waals surface area contributed by atoms with Gasteiger partial charge in [0.25, 0.3) is 5.56 Å². The summed E-state index contributed by atoms with van der Waals surface area (Å²) in [6.45, 7) is 3.94. The van der Waals surface area contributed by atoms with Gasteiger partial charge in [0.15, 0.2) is 0 Å². The molecule has 5 aromatic rings. The molecule has 1 aliphatic rings. The van der Waals surface area contributed by atoms with Crippen LogP contribution < -0.4 is 16.6 Å². The van der Waals surface area contributed by atoms with Crippen LogP contribution >= 0.6 is 0 Å². The number of nitrogens with one attached hydrogen (secondary N) is 1. The minimum Gasteiger partial charge on any atom is -0.508 e. The highest BCUT2D eigenvalue weighted by atomic mass is 16.3. The van der Waals surface area contributed by atoms with Crippen molar-refractivity contribution in [3.63, 3.8) is 0 Å². The zero-order valence-corrected chi connectivity index (χ0v) is 20.5. The summed E-state index contributed by atoms with van der Waals surface area (Å²) in [4.78, 5) is 26.9. The van der Waals surface area contributed by atoms with Gasteiger partial charge in [0, 0.05) is 19.7 Å². The summed E-state index contributed by atoms with van der Waals surface area (Å²) >= 11 is 0. The summed E-state index contributed by atoms with van der Waals surface area (Å²) in [5.74, 6) is 0.152. The largest absolute Gasteiger partial charge is 0.508 e. The molecule has 36 heavy (non-hydrogen) atoms. The third-order valence-electron chi connectivity index (χ3n) is 7.12. The molecule has 3 heterocycles. The number of phenols is 1. The number of hydrogen-bond acceptors (Lipinski definition) is 4. The Balaban J connectivity index is 1.87. The van der Waals surface area contributed by atoms with Crippen LogP contribution in [0, 0.1) is 13.8 Å². The molecule has 0 radical (unpaired) electrons. The molecule has 0 saturated heterocycles. The highest BCUT2D eigenvalue weighted by Crippen LogP contribution is 2.46. The topological polar surface area (TPSA) is 81.2 Å². The maximum atomic E-state index is 13.7. The molecular weight excluding hydrogens is 452 g/mol. The molecule has 6 rings (SSSR count). The molecule has 0 saturated carbocycles. The minimum absolute atomic E-state index is 0.152. The lowest BCUT2D eigenvalue weighted by atomic mass is 9.97. The Morgan fingerprint density at radius 1 is 0.861 bits per heavy atom. The van der Waals surface area contributed by atoms with Crippen LogP contribution in [0.3, 0.4) is 0 Å². The molecule has 2 aromatic heterocycles. The first-order chi connectivity index (χ1) is 17.3. The average Bonchev–Trinajstić information content (AvgIpc) is 3.23. The zero-order valence-electron chi connectivity index (χ0n) is 20.5. The molecule has 0 amide bonds. The van der Waals surface area contributed by atoms with E-state index in [0.717, 1.165) is 44.0 Å². The Labute approximate surface area is 207 Å². The van der Waals surface area contributed by atoms with Crippen molar-refractivity contribution in [2.45, 2.75) is 19.9 Å². The summed E-state index contributed by atoms with van der Waals surface area (Å²) in [7, 11) is 3.20. The average molecular weight is 479 g/mol. The summed E-state index contributed by atoms with van der Waals surface area (Å²) in [5.41, 5.74) is 6.54. The van der Waals surface area contributed by atoms with E-state index in [1.807, 2.05) is 68.4 Å². The Morgan fingerprint density at radius 3 is 2.36 bits per heavy atom. The Morgan fingerprint density at radius 2 is 1.61 bits per heavy atom. The quantitative estimate of drug-likeness (QED) is 0.391. The predicted octanol–water partition coefficient (Wildman–Crippen LogP) is 4.53. The van der Waals surface area contributed by atoms with Crippen LogP contribution in [0.4, 0.5) is 5.69 Å². The van der Waals surface area contributed by atoms with Crippen molar-refractivity contribution < 1.29 is 5.11 Å². The number of aromatic nitrogens is 3. The molecule has 180 valence electrons. The second-order valence-electron chi connectivity index (χ2n) is 9.52. The first kappa shape index (κ1) is 22.0. The van der Waals surface area contributed by atoms with Gasteiger partial charge < -0.3 is 15.0 Å². The van der Waals surface area contributed by atoms with E-state index in [-0.39, 0.29) is 11.3 Å². The molecule has 0 spiro atoms. The van der Waals surface area contributed by atoms with Crippen LogP contribution in [0.5, 0.6) is 5.75 Å². The molecule has 1 aliphatic heterocycles. The summed E-state index contributed by atoms with van der Waals surface area (Å²) in [6.07, 6.45) is 0. The zero-order chi connectivity index (χ0) is 25.3. The molecule has 0 aliphatic carbocycles. The number of para-hydroxylation sites is 2. The van der Waals surface area contributed by atoms with Crippen LogP contribution in [-0.4, -0.2) is 18.8 Å². The molecule has 7 nitrogen and oxygen atoms in total. The third-order valence-corrected chi connectivity index (χ3v) is 7.12. The number of aryl methyl sites for hydroxylation is 3. The van der Waals surface area contributed by atoms with Crippen LogP contribution in [0.2, 0.25) is 0 Å². The van der Waals surface area contributed by atoms with E-state index >= 15 is 0 Å². The maximum Gasteiger partial charge on any atom is 0.331 e. The first-order valence-corrected chi connectivity index (χ1v) is 11.8. The lowest BCUT2D eigenvalue weighted by Gasteiger charge is -2.31. The number of hydrogen-bond donors (Lipinski definition) is 2. The summed E-state index contributed by atoms with van der Waals surface area (Å²) < 4.78 is 4.77. The number of benzene rings is 3. The second-order valence-corrected chi connectivity index (χ2v) is 9.52. The molecule has 1 unspecified atom stereocenters. The van der Waals surface area contributed by atoms with Gasteiger partial charge in [-0.2, -0.15) is 0 Å². The standard InChI is InChI=1S/C29H26N4O3/c1-16-8-7-9-18(14-16)25-23-26(31(3)29(36)32(4)28(23)35)27-24(19-13-12-17(2)15-22(19)34)30-20-10-5-6-11-21(20)33(25)27/h5-15,24,30,34H,1-4H3. The van der Waals surface area contributed by atoms with Gasteiger partial charge in [-0.1, -0.05) is 48.0 Å².